The number of hydrogen-bond acceptors (Lipinski definition) is 6. The average molecular weight is 370 g/mol. The van der Waals surface area contributed by atoms with E-state index < -0.39 is 11.9 Å². The number of carboxylic acid groups (broad SMARTS) is 1. The van der Waals surface area contributed by atoms with Crippen molar-refractivity contribution in [2.45, 2.75) is 0 Å². The van der Waals surface area contributed by atoms with E-state index in [1.165, 1.54) is 7.11 Å². The van der Waals surface area contributed by atoms with Crippen molar-refractivity contribution >= 4 is 29.1 Å². The van der Waals surface area contributed by atoms with Crippen LogP contribution in [0.3, 0.4) is 0 Å². The number of pyridine rings is 1. The topological polar surface area (TPSA) is 95.0 Å². The Labute approximate surface area is 157 Å². The summed E-state index contributed by atoms with van der Waals surface area (Å²) in [6, 6.07) is 10.9. The van der Waals surface area contributed by atoms with Gasteiger partial charge in [0.05, 0.1) is 11.3 Å². The predicted molar refractivity (Wildman–Crippen MR) is 103 cm³/mol. The van der Waals surface area contributed by atoms with Gasteiger partial charge in [0.15, 0.2) is 0 Å². The maximum atomic E-state index is 11.7. The molecule has 1 aliphatic heterocycles. The lowest BCUT2D eigenvalue weighted by Crippen LogP contribution is -2.46. The zero-order chi connectivity index (χ0) is 19.2. The van der Waals surface area contributed by atoms with E-state index in [-0.39, 0.29) is 17.9 Å². The van der Waals surface area contributed by atoms with Crippen LogP contribution in [0.5, 0.6) is 0 Å². The van der Waals surface area contributed by atoms with Crippen LogP contribution in [0.4, 0.5) is 17.2 Å². The number of benzene rings is 1. The lowest BCUT2D eigenvalue weighted by atomic mass is 10.1. The molecular formula is C19H22N4O4. The van der Waals surface area contributed by atoms with Gasteiger partial charge < -0.3 is 25.0 Å². The first kappa shape index (κ1) is 18.7. The van der Waals surface area contributed by atoms with E-state index in [4.69, 9.17) is 4.74 Å². The van der Waals surface area contributed by atoms with Gasteiger partial charge in [-0.2, -0.15) is 0 Å². The van der Waals surface area contributed by atoms with Gasteiger partial charge in [0.25, 0.3) is 0 Å². The van der Waals surface area contributed by atoms with Gasteiger partial charge in [-0.25, -0.2) is 9.78 Å². The molecule has 1 saturated heterocycles. The number of carbonyl (C=O) groups is 2. The number of aromatic nitrogens is 1. The Balaban J connectivity index is 1.71. The van der Waals surface area contributed by atoms with E-state index >= 15 is 0 Å². The van der Waals surface area contributed by atoms with Crippen LogP contribution in [0.15, 0.2) is 42.6 Å². The standard InChI is InChI=1S/C19H22N4O4/c1-27-13-18(24)21-16-6-5-14(12-15(16)19(25)26)22-8-10-23(11-9-22)17-4-2-3-7-20-17/h2-7,12H,8-11,13H2,1H3,(H,21,24)(H,25,26). The number of rotatable bonds is 6. The fourth-order valence-electron chi connectivity index (χ4n) is 3.07. The summed E-state index contributed by atoms with van der Waals surface area (Å²) < 4.78 is 4.76. The number of ether oxygens (including phenoxy) is 1. The van der Waals surface area contributed by atoms with E-state index in [9.17, 15) is 14.7 Å². The molecule has 2 aromatic rings. The number of anilines is 3. The van der Waals surface area contributed by atoms with Crippen LogP contribution in [0, 0.1) is 0 Å². The summed E-state index contributed by atoms with van der Waals surface area (Å²) in [6.07, 6.45) is 1.78. The van der Waals surface area contributed by atoms with Crippen molar-refractivity contribution in [1.29, 1.82) is 0 Å². The van der Waals surface area contributed by atoms with E-state index in [1.807, 2.05) is 24.3 Å². The summed E-state index contributed by atoms with van der Waals surface area (Å²) in [6.45, 7) is 2.98. The summed E-state index contributed by atoms with van der Waals surface area (Å²) in [5.41, 5.74) is 1.14. The maximum absolute atomic E-state index is 11.7. The minimum absolute atomic E-state index is 0.0594. The SMILES string of the molecule is COCC(=O)Nc1ccc(N2CCN(c3ccccn3)CC2)cc1C(=O)O. The number of aromatic carboxylic acids is 1. The van der Waals surface area contributed by atoms with E-state index in [0.29, 0.717) is 0 Å². The first-order chi connectivity index (χ1) is 13.1. The van der Waals surface area contributed by atoms with Crippen molar-refractivity contribution in [1.82, 2.24) is 4.98 Å². The van der Waals surface area contributed by atoms with Crippen LogP contribution in [0.25, 0.3) is 0 Å². The highest BCUT2D eigenvalue weighted by Gasteiger charge is 2.20. The molecule has 0 unspecified atom stereocenters. The first-order valence-electron chi connectivity index (χ1n) is 8.65. The Hall–Kier alpha value is -3.13. The van der Waals surface area contributed by atoms with Crippen LogP contribution >= 0.6 is 0 Å². The highest BCUT2D eigenvalue weighted by atomic mass is 16.5. The lowest BCUT2D eigenvalue weighted by molar-refractivity contribution is -0.119. The molecule has 8 nitrogen and oxygen atoms in total. The predicted octanol–water partition coefficient (Wildman–Crippen LogP) is 1.69. The fraction of sp³-hybridized carbons (Fsp3) is 0.316. The summed E-state index contributed by atoms with van der Waals surface area (Å²) in [5, 5.41) is 12.1. The van der Waals surface area contributed by atoms with Gasteiger partial charge in [0.2, 0.25) is 5.91 Å². The molecule has 1 amide bonds. The van der Waals surface area contributed by atoms with Gasteiger partial charge in [-0.05, 0) is 30.3 Å². The molecule has 8 heteroatoms. The molecule has 0 bridgehead atoms. The molecular weight excluding hydrogens is 348 g/mol. The second kappa shape index (κ2) is 8.50. The molecule has 3 rings (SSSR count). The molecule has 0 aliphatic carbocycles. The Morgan fingerprint density at radius 1 is 1.15 bits per heavy atom. The van der Waals surface area contributed by atoms with Crippen molar-refractivity contribution < 1.29 is 19.4 Å². The maximum Gasteiger partial charge on any atom is 0.337 e. The average Bonchev–Trinajstić information content (AvgIpc) is 2.69. The van der Waals surface area contributed by atoms with Crippen LogP contribution in [-0.2, 0) is 9.53 Å². The number of carboxylic acids is 1. The van der Waals surface area contributed by atoms with E-state index in [0.717, 1.165) is 37.7 Å². The molecule has 2 N–H and O–H groups in total. The number of nitrogens with one attached hydrogen (secondary N) is 1. The Morgan fingerprint density at radius 2 is 1.89 bits per heavy atom. The van der Waals surface area contributed by atoms with Crippen molar-refractivity contribution in [2.75, 3.05) is 55.0 Å². The number of methoxy groups -OCH3 is 1. The minimum Gasteiger partial charge on any atom is -0.478 e. The number of carbonyl (C=O) groups excluding carboxylic acids is 1. The Morgan fingerprint density at radius 3 is 2.52 bits per heavy atom. The summed E-state index contributed by atoms with van der Waals surface area (Å²) >= 11 is 0. The van der Waals surface area contributed by atoms with Crippen LogP contribution in [0.2, 0.25) is 0 Å². The van der Waals surface area contributed by atoms with Crippen molar-refractivity contribution in [3.63, 3.8) is 0 Å². The summed E-state index contributed by atoms with van der Waals surface area (Å²) in [7, 11) is 1.41. The van der Waals surface area contributed by atoms with E-state index in [1.54, 1.807) is 18.3 Å². The molecule has 142 valence electrons. The summed E-state index contributed by atoms with van der Waals surface area (Å²) in [5.74, 6) is -0.534. The third-order valence-corrected chi connectivity index (χ3v) is 4.40. The van der Waals surface area contributed by atoms with E-state index in [2.05, 4.69) is 20.1 Å². The highest BCUT2D eigenvalue weighted by molar-refractivity contribution is 6.01. The van der Waals surface area contributed by atoms with Crippen LogP contribution in [-0.4, -0.2) is 61.9 Å². The van der Waals surface area contributed by atoms with Crippen molar-refractivity contribution in [2.24, 2.45) is 0 Å². The summed E-state index contributed by atoms with van der Waals surface area (Å²) in [4.78, 5) is 32.0. The first-order valence-corrected chi connectivity index (χ1v) is 8.65. The van der Waals surface area contributed by atoms with Crippen molar-refractivity contribution in [3.8, 4) is 0 Å². The number of amides is 1. The largest absolute Gasteiger partial charge is 0.478 e. The number of piperazine rings is 1. The molecule has 0 saturated carbocycles. The number of nitrogens with zero attached hydrogens (tertiary/aromatic N) is 3. The molecule has 1 aromatic heterocycles. The third kappa shape index (κ3) is 4.53. The quantitative estimate of drug-likeness (QED) is 0.799. The highest BCUT2D eigenvalue weighted by Crippen LogP contribution is 2.25. The third-order valence-electron chi connectivity index (χ3n) is 4.40. The second-order valence-electron chi connectivity index (χ2n) is 6.18. The minimum atomic E-state index is -1.09. The Kier molecular flexibility index (Phi) is 5.87. The van der Waals surface area contributed by atoms with Gasteiger partial charge in [0.1, 0.15) is 12.4 Å². The van der Waals surface area contributed by atoms with Gasteiger partial charge in [-0.15, -0.1) is 0 Å². The van der Waals surface area contributed by atoms with Gasteiger partial charge in [0, 0.05) is 45.2 Å². The molecule has 0 radical (unpaired) electrons. The van der Waals surface area contributed by atoms with Crippen LogP contribution < -0.4 is 15.1 Å². The monoisotopic (exact) mass is 370 g/mol. The molecule has 27 heavy (non-hydrogen) atoms. The zero-order valence-corrected chi connectivity index (χ0v) is 15.1. The lowest BCUT2D eigenvalue weighted by Gasteiger charge is -2.36. The van der Waals surface area contributed by atoms with Gasteiger partial charge in [-0.1, -0.05) is 6.07 Å². The van der Waals surface area contributed by atoms with Gasteiger partial charge >= 0.3 is 5.97 Å². The molecule has 0 spiro atoms. The van der Waals surface area contributed by atoms with Crippen LogP contribution in [0.1, 0.15) is 10.4 Å². The second-order valence-corrected chi connectivity index (χ2v) is 6.18. The molecule has 1 aliphatic rings. The fourth-order valence-corrected chi connectivity index (χ4v) is 3.07. The molecule has 1 aromatic carbocycles. The molecule has 1 fully saturated rings. The van der Waals surface area contributed by atoms with Crippen molar-refractivity contribution in [3.05, 3.63) is 48.2 Å². The molecule has 0 atom stereocenters. The smallest absolute Gasteiger partial charge is 0.337 e. The normalized spacial score (nSPS) is 14.1. The molecule has 2 heterocycles. The Bertz CT molecular complexity index is 805. The van der Waals surface area contributed by atoms with Gasteiger partial charge in [-0.3, -0.25) is 4.79 Å². The zero-order valence-electron chi connectivity index (χ0n) is 15.1. The number of hydrogen-bond donors (Lipinski definition) is 2.